The second-order valence-electron chi connectivity index (χ2n) is 5.51. The molecule has 0 amide bonds. The number of sulfonamides is 1. The van der Waals surface area contributed by atoms with Crippen LogP contribution in [0.5, 0.6) is 5.75 Å². The average molecular weight is 430 g/mol. The maximum absolute atomic E-state index is 12.3. The highest BCUT2D eigenvalue weighted by atomic mass is 32.2. The minimum absolute atomic E-state index is 0.0874. The Hall–Kier alpha value is -3.26. The highest BCUT2D eigenvalue weighted by Gasteiger charge is 2.31. The number of hydrogen-bond donors (Lipinski definition) is 1. The van der Waals surface area contributed by atoms with Crippen molar-refractivity contribution in [2.45, 2.75) is 17.8 Å². The normalized spacial score (nSPS) is 12.1. The molecule has 0 aliphatic heterocycles. The number of nitrogens with zero attached hydrogens (tertiary/aromatic N) is 5. The molecule has 10 nitrogen and oxygen atoms in total. The van der Waals surface area contributed by atoms with Crippen LogP contribution in [0.4, 0.5) is 13.2 Å². The molecule has 3 rings (SSSR count). The van der Waals surface area contributed by atoms with E-state index in [1.807, 2.05) is 0 Å². The predicted octanol–water partition coefficient (Wildman–Crippen LogP) is 0.701. The van der Waals surface area contributed by atoms with Gasteiger partial charge in [0.1, 0.15) is 18.4 Å². The summed E-state index contributed by atoms with van der Waals surface area (Å²) in [5.41, 5.74) is -0.457. The van der Waals surface area contributed by atoms with Crippen LogP contribution in [-0.4, -0.2) is 45.9 Å². The number of alkyl halides is 3. The Morgan fingerprint density at radius 1 is 1.10 bits per heavy atom. The highest BCUT2D eigenvalue weighted by molar-refractivity contribution is 7.89. The van der Waals surface area contributed by atoms with Crippen molar-refractivity contribution in [2.75, 3.05) is 6.54 Å². The maximum Gasteiger partial charge on any atom is 0.573 e. The first-order chi connectivity index (χ1) is 13.6. The minimum atomic E-state index is -4.88. The summed E-state index contributed by atoms with van der Waals surface area (Å²) in [7, 11) is -4.01. The molecule has 2 aromatic heterocycles. The largest absolute Gasteiger partial charge is 0.573 e. The monoisotopic (exact) mass is 430 g/mol. The lowest BCUT2D eigenvalue weighted by Crippen LogP contribution is -2.32. The van der Waals surface area contributed by atoms with Crippen molar-refractivity contribution in [1.82, 2.24) is 29.3 Å². The molecule has 0 spiro atoms. The number of rotatable bonds is 7. The second-order valence-corrected chi connectivity index (χ2v) is 7.28. The van der Waals surface area contributed by atoms with Gasteiger partial charge in [-0.3, -0.25) is 4.79 Å². The van der Waals surface area contributed by atoms with Crippen LogP contribution in [0, 0.1) is 0 Å². The summed E-state index contributed by atoms with van der Waals surface area (Å²) in [5.74, 6) is -0.234. The molecule has 0 bridgehead atoms. The van der Waals surface area contributed by atoms with Gasteiger partial charge in [0.2, 0.25) is 10.0 Å². The predicted molar refractivity (Wildman–Crippen MR) is 91.7 cm³/mol. The van der Waals surface area contributed by atoms with Crippen LogP contribution in [0.25, 0.3) is 5.82 Å². The summed E-state index contributed by atoms with van der Waals surface area (Å²) in [6.45, 7) is -0.271. The zero-order valence-electron chi connectivity index (χ0n) is 14.4. The zero-order valence-corrected chi connectivity index (χ0v) is 15.3. The van der Waals surface area contributed by atoms with Gasteiger partial charge < -0.3 is 4.74 Å². The van der Waals surface area contributed by atoms with E-state index in [1.54, 1.807) is 0 Å². The first-order valence-corrected chi connectivity index (χ1v) is 9.41. The van der Waals surface area contributed by atoms with Crippen LogP contribution in [0.2, 0.25) is 0 Å². The zero-order chi connectivity index (χ0) is 21.1. The summed E-state index contributed by atoms with van der Waals surface area (Å²) in [6.07, 6.45) is -2.21. The van der Waals surface area contributed by atoms with Gasteiger partial charge in [-0.2, -0.15) is 5.10 Å². The van der Waals surface area contributed by atoms with Gasteiger partial charge in [-0.1, -0.05) is 0 Å². The van der Waals surface area contributed by atoms with Gasteiger partial charge in [-0.05, 0) is 30.3 Å². The SMILES string of the molecule is O=c1ccc(-n2cncn2)nn1CCNS(=O)(=O)c1ccc(OC(F)(F)F)cc1. The first kappa shape index (κ1) is 20.5. The van der Waals surface area contributed by atoms with Gasteiger partial charge in [0, 0.05) is 12.6 Å². The van der Waals surface area contributed by atoms with Crippen molar-refractivity contribution in [3.05, 3.63) is 59.4 Å². The molecule has 0 saturated heterocycles. The Morgan fingerprint density at radius 3 is 2.45 bits per heavy atom. The number of benzene rings is 1. The van der Waals surface area contributed by atoms with Gasteiger partial charge in [-0.15, -0.1) is 18.3 Å². The number of hydrogen-bond acceptors (Lipinski definition) is 7. The van der Waals surface area contributed by atoms with E-state index in [1.165, 1.54) is 29.5 Å². The highest BCUT2D eigenvalue weighted by Crippen LogP contribution is 2.23. The van der Waals surface area contributed by atoms with Gasteiger partial charge in [-0.25, -0.2) is 27.5 Å². The van der Waals surface area contributed by atoms with E-state index in [0.717, 1.165) is 28.9 Å². The molecule has 29 heavy (non-hydrogen) atoms. The van der Waals surface area contributed by atoms with Crippen LogP contribution in [0.3, 0.4) is 0 Å². The van der Waals surface area contributed by atoms with E-state index in [9.17, 15) is 26.4 Å². The molecule has 0 aliphatic carbocycles. The fourth-order valence-corrected chi connectivity index (χ4v) is 3.26. The molecule has 1 aromatic carbocycles. The van der Waals surface area contributed by atoms with Crippen molar-refractivity contribution < 1.29 is 26.3 Å². The molecule has 0 fully saturated rings. The quantitative estimate of drug-likeness (QED) is 0.586. The van der Waals surface area contributed by atoms with Crippen molar-refractivity contribution in [1.29, 1.82) is 0 Å². The fourth-order valence-electron chi connectivity index (χ4n) is 2.24. The third-order valence-electron chi connectivity index (χ3n) is 3.49. The lowest BCUT2D eigenvalue weighted by atomic mass is 10.3. The van der Waals surface area contributed by atoms with Gasteiger partial charge in [0.05, 0.1) is 11.4 Å². The molecule has 3 aromatic rings. The van der Waals surface area contributed by atoms with Crippen LogP contribution < -0.4 is 15.0 Å². The second kappa shape index (κ2) is 8.00. The summed E-state index contributed by atoms with van der Waals surface area (Å²) >= 11 is 0. The van der Waals surface area contributed by atoms with E-state index < -0.39 is 27.7 Å². The van der Waals surface area contributed by atoms with Gasteiger partial charge >= 0.3 is 6.36 Å². The molecule has 0 atom stereocenters. The molecule has 154 valence electrons. The Balaban J connectivity index is 1.65. The molecule has 2 heterocycles. The molecule has 0 aliphatic rings. The van der Waals surface area contributed by atoms with Crippen molar-refractivity contribution in [3.8, 4) is 11.6 Å². The number of nitrogens with one attached hydrogen (secondary N) is 1. The van der Waals surface area contributed by atoms with E-state index in [2.05, 4.69) is 24.6 Å². The average Bonchev–Trinajstić information content (AvgIpc) is 3.17. The van der Waals surface area contributed by atoms with Crippen molar-refractivity contribution in [2.24, 2.45) is 0 Å². The number of halogens is 3. The molecular weight excluding hydrogens is 417 g/mol. The van der Waals surface area contributed by atoms with Crippen LogP contribution in [0.1, 0.15) is 0 Å². The molecule has 0 unspecified atom stereocenters. The van der Waals surface area contributed by atoms with Crippen LogP contribution in [0.15, 0.2) is 58.7 Å². The third kappa shape index (κ3) is 5.39. The first-order valence-electron chi connectivity index (χ1n) is 7.93. The van der Waals surface area contributed by atoms with Crippen molar-refractivity contribution in [3.63, 3.8) is 0 Å². The summed E-state index contributed by atoms with van der Waals surface area (Å²) in [5, 5.41) is 7.94. The molecular formula is C15H13F3N6O4S. The third-order valence-corrected chi connectivity index (χ3v) is 4.97. The maximum atomic E-state index is 12.3. The van der Waals surface area contributed by atoms with E-state index in [4.69, 9.17) is 0 Å². The smallest absolute Gasteiger partial charge is 0.406 e. The molecule has 14 heteroatoms. The minimum Gasteiger partial charge on any atom is -0.406 e. The summed E-state index contributed by atoms with van der Waals surface area (Å²) in [4.78, 5) is 15.4. The number of aromatic nitrogens is 5. The summed E-state index contributed by atoms with van der Waals surface area (Å²) < 4.78 is 69.3. The van der Waals surface area contributed by atoms with E-state index in [0.29, 0.717) is 5.82 Å². The standard InChI is InChI=1S/C15H13F3N6O4S/c16-15(17,18)28-11-1-3-12(4-2-11)29(26,27)21-7-8-23-14(25)6-5-13(22-23)24-10-19-9-20-24/h1-6,9-10,21H,7-8H2. The Bertz CT molecular complexity index is 1130. The van der Waals surface area contributed by atoms with Gasteiger partial charge in [0.15, 0.2) is 5.82 Å². The number of ether oxygens (including phenoxy) is 1. The van der Waals surface area contributed by atoms with E-state index in [-0.39, 0.29) is 18.0 Å². The van der Waals surface area contributed by atoms with Crippen LogP contribution in [-0.2, 0) is 16.6 Å². The molecule has 0 saturated carbocycles. The van der Waals surface area contributed by atoms with E-state index >= 15 is 0 Å². The lowest BCUT2D eigenvalue weighted by molar-refractivity contribution is -0.274. The molecule has 1 N–H and O–H groups in total. The molecule has 0 radical (unpaired) electrons. The Kier molecular flexibility index (Phi) is 5.65. The topological polar surface area (TPSA) is 121 Å². The van der Waals surface area contributed by atoms with Crippen LogP contribution >= 0.6 is 0 Å². The van der Waals surface area contributed by atoms with Crippen molar-refractivity contribution >= 4 is 10.0 Å². The lowest BCUT2D eigenvalue weighted by Gasteiger charge is -2.11. The Labute approximate surface area is 161 Å². The summed E-state index contributed by atoms with van der Waals surface area (Å²) in [6, 6.07) is 6.39. The van der Waals surface area contributed by atoms with Gasteiger partial charge in [0.25, 0.3) is 5.56 Å². The Morgan fingerprint density at radius 2 is 1.83 bits per heavy atom. The fraction of sp³-hybridized carbons (Fsp3) is 0.200.